The van der Waals surface area contributed by atoms with Crippen LogP contribution in [0.4, 0.5) is 0 Å². The van der Waals surface area contributed by atoms with Crippen LogP contribution < -0.4 is 5.32 Å². The van der Waals surface area contributed by atoms with Crippen molar-refractivity contribution < 1.29 is 24.2 Å². The van der Waals surface area contributed by atoms with E-state index in [2.05, 4.69) is 5.32 Å². The molecule has 1 aliphatic heterocycles. The lowest BCUT2D eigenvalue weighted by atomic mass is 10.0. The minimum Gasteiger partial charge on any atom is -0.481 e. The Hall–Kier alpha value is -1.14. The lowest BCUT2D eigenvalue weighted by Gasteiger charge is -2.12. The Balaban J connectivity index is 1.48. The Morgan fingerprint density at radius 3 is 2.71 bits per heavy atom. The third-order valence-electron chi connectivity index (χ3n) is 4.25. The number of carboxylic acid groups (broad SMARTS) is 1. The van der Waals surface area contributed by atoms with Crippen molar-refractivity contribution in [1.82, 2.24) is 5.32 Å². The SMILES string of the molecule is O=C(O)[C@H]1CC[C@@H](C(=O)NCCCOCC2CCCO2)C1. The molecule has 2 aliphatic rings. The number of amides is 1. The molecule has 6 heteroatoms. The second-order valence-electron chi connectivity index (χ2n) is 5.90. The van der Waals surface area contributed by atoms with Gasteiger partial charge in [0.2, 0.25) is 5.91 Å². The lowest BCUT2D eigenvalue weighted by Crippen LogP contribution is -2.31. The summed E-state index contributed by atoms with van der Waals surface area (Å²) in [7, 11) is 0. The first-order valence-electron chi connectivity index (χ1n) is 7.86. The van der Waals surface area contributed by atoms with Crippen molar-refractivity contribution in [2.24, 2.45) is 11.8 Å². The number of rotatable bonds is 8. The normalized spacial score (nSPS) is 28.7. The van der Waals surface area contributed by atoms with E-state index in [0.29, 0.717) is 39.0 Å². The zero-order valence-corrected chi connectivity index (χ0v) is 12.4. The molecule has 1 aliphatic carbocycles. The number of nitrogens with one attached hydrogen (secondary N) is 1. The Labute approximate surface area is 125 Å². The van der Waals surface area contributed by atoms with Gasteiger partial charge in [-0.1, -0.05) is 0 Å². The number of carbonyl (C=O) groups is 2. The molecule has 1 heterocycles. The smallest absolute Gasteiger partial charge is 0.306 e. The second-order valence-corrected chi connectivity index (χ2v) is 5.90. The first-order valence-corrected chi connectivity index (χ1v) is 7.86. The van der Waals surface area contributed by atoms with Crippen LogP contribution in [0.15, 0.2) is 0 Å². The van der Waals surface area contributed by atoms with Crippen molar-refractivity contribution in [3.8, 4) is 0 Å². The predicted octanol–water partition coefficient (Wildman–Crippen LogP) is 1.19. The highest BCUT2D eigenvalue weighted by molar-refractivity contribution is 5.80. The maximum absolute atomic E-state index is 11.9. The summed E-state index contributed by atoms with van der Waals surface area (Å²) in [5.41, 5.74) is 0. The van der Waals surface area contributed by atoms with Crippen LogP contribution >= 0.6 is 0 Å². The molecule has 21 heavy (non-hydrogen) atoms. The molecule has 2 fully saturated rings. The molecule has 0 radical (unpaired) electrons. The summed E-state index contributed by atoms with van der Waals surface area (Å²) in [5.74, 6) is -1.29. The lowest BCUT2D eigenvalue weighted by molar-refractivity contribution is -0.141. The molecule has 1 amide bonds. The van der Waals surface area contributed by atoms with Gasteiger partial charge in [0.25, 0.3) is 0 Å². The monoisotopic (exact) mass is 299 g/mol. The van der Waals surface area contributed by atoms with Crippen LogP contribution in [-0.4, -0.2) is 49.5 Å². The molecule has 6 nitrogen and oxygen atoms in total. The maximum Gasteiger partial charge on any atom is 0.306 e. The molecule has 0 aromatic heterocycles. The minimum atomic E-state index is -0.784. The topological polar surface area (TPSA) is 84.9 Å². The zero-order valence-electron chi connectivity index (χ0n) is 12.4. The van der Waals surface area contributed by atoms with Gasteiger partial charge in [0.1, 0.15) is 0 Å². The Morgan fingerprint density at radius 1 is 1.24 bits per heavy atom. The van der Waals surface area contributed by atoms with E-state index < -0.39 is 5.97 Å². The Morgan fingerprint density at radius 2 is 2.05 bits per heavy atom. The summed E-state index contributed by atoms with van der Waals surface area (Å²) in [5, 5.41) is 11.8. The van der Waals surface area contributed by atoms with Crippen LogP contribution in [0.3, 0.4) is 0 Å². The predicted molar refractivity (Wildman–Crippen MR) is 75.9 cm³/mol. The molecule has 2 rings (SSSR count). The van der Waals surface area contributed by atoms with Crippen molar-refractivity contribution in [2.45, 2.75) is 44.6 Å². The Bertz CT molecular complexity index is 354. The molecule has 1 saturated heterocycles. The largest absolute Gasteiger partial charge is 0.481 e. The number of ether oxygens (including phenoxy) is 2. The van der Waals surface area contributed by atoms with E-state index in [9.17, 15) is 9.59 Å². The van der Waals surface area contributed by atoms with Gasteiger partial charge in [0, 0.05) is 25.7 Å². The quantitative estimate of drug-likeness (QED) is 0.658. The Kier molecular flexibility index (Phi) is 6.45. The average Bonchev–Trinajstić information content (AvgIpc) is 3.13. The highest BCUT2D eigenvalue weighted by Gasteiger charge is 2.33. The number of carboxylic acids is 1. The van der Waals surface area contributed by atoms with Crippen molar-refractivity contribution in [1.29, 1.82) is 0 Å². The van der Waals surface area contributed by atoms with E-state index >= 15 is 0 Å². The summed E-state index contributed by atoms with van der Waals surface area (Å²) in [6, 6.07) is 0. The van der Waals surface area contributed by atoms with Crippen LogP contribution in [0, 0.1) is 11.8 Å². The molecule has 0 aromatic rings. The number of carbonyl (C=O) groups excluding carboxylic acids is 1. The minimum absolute atomic E-state index is 0.0159. The molecule has 3 atom stereocenters. The standard InChI is InChI=1S/C15H25NO5/c17-14(11-4-5-12(9-11)15(18)19)16-6-2-7-20-10-13-3-1-8-21-13/h11-13H,1-10H2,(H,16,17)(H,18,19)/t11-,12+,13?/m1/s1. The summed E-state index contributed by atoms with van der Waals surface area (Å²) >= 11 is 0. The molecule has 0 spiro atoms. The fourth-order valence-corrected chi connectivity index (χ4v) is 2.96. The number of hydrogen-bond acceptors (Lipinski definition) is 4. The first-order chi connectivity index (χ1) is 10.2. The van der Waals surface area contributed by atoms with Crippen LogP contribution in [0.2, 0.25) is 0 Å². The highest BCUT2D eigenvalue weighted by atomic mass is 16.5. The van der Waals surface area contributed by atoms with E-state index in [1.54, 1.807) is 0 Å². The fourth-order valence-electron chi connectivity index (χ4n) is 2.96. The highest BCUT2D eigenvalue weighted by Crippen LogP contribution is 2.31. The molecule has 2 N–H and O–H groups in total. The van der Waals surface area contributed by atoms with Gasteiger partial charge >= 0.3 is 5.97 Å². The number of aliphatic carboxylic acids is 1. The molecule has 1 unspecified atom stereocenters. The molecular formula is C15H25NO5. The average molecular weight is 299 g/mol. The van der Waals surface area contributed by atoms with E-state index in [4.69, 9.17) is 14.6 Å². The zero-order chi connectivity index (χ0) is 15.1. The van der Waals surface area contributed by atoms with Crippen molar-refractivity contribution in [3.63, 3.8) is 0 Å². The van der Waals surface area contributed by atoms with Gasteiger partial charge in [-0.05, 0) is 38.5 Å². The van der Waals surface area contributed by atoms with Gasteiger partial charge in [-0.2, -0.15) is 0 Å². The van der Waals surface area contributed by atoms with E-state index in [1.165, 1.54) is 0 Å². The maximum atomic E-state index is 11.9. The second kappa shape index (κ2) is 8.34. The summed E-state index contributed by atoms with van der Waals surface area (Å²) in [4.78, 5) is 22.7. The first kappa shape index (κ1) is 16.2. The van der Waals surface area contributed by atoms with E-state index in [0.717, 1.165) is 25.9 Å². The van der Waals surface area contributed by atoms with Crippen LogP contribution in [0.1, 0.15) is 38.5 Å². The van der Waals surface area contributed by atoms with Gasteiger partial charge in [-0.3, -0.25) is 9.59 Å². The van der Waals surface area contributed by atoms with Gasteiger partial charge in [-0.15, -0.1) is 0 Å². The van der Waals surface area contributed by atoms with Gasteiger partial charge in [-0.25, -0.2) is 0 Å². The van der Waals surface area contributed by atoms with Gasteiger partial charge < -0.3 is 19.9 Å². The van der Waals surface area contributed by atoms with Crippen molar-refractivity contribution in [3.05, 3.63) is 0 Å². The summed E-state index contributed by atoms with van der Waals surface area (Å²) in [6.07, 6.45) is 4.96. The van der Waals surface area contributed by atoms with Crippen LogP contribution in [0.5, 0.6) is 0 Å². The molecular weight excluding hydrogens is 274 g/mol. The number of hydrogen-bond donors (Lipinski definition) is 2. The summed E-state index contributed by atoms with van der Waals surface area (Å²) < 4.78 is 11.0. The molecule has 0 bridgehead atoms. The molecule has 0 aromatic carbocycles. The van der Waals surface area contributed by atoms with Gasteiger partial charge in [0.05, 0.1) is 18.6 Å². The third-order valence-corrected chi connectivity index (χ3v) is 4.25. The van der Waals surface area contributed by atoms with Crippen molar-refractivity contribution >= 4 is 11.9 Å². The van der Waals surface area contributed by atoms with Crippen LogP contribution in [-0.2, 0) is 19.1 Å². The van der Waals surface area contributed by atoms with Crippen LogP contribution in [0.25, 0.3) is 0 Å². The third kappa shape index (κ3) is 5.28. The summed E-state index contributed by atoms with van der Waals surface area (Å²) in [6.45, 7) is 2.67. The van der Waals surface area contributed by atoms with E-state index in [1.807, 2.05) is 0 Å². The van der Waals surface area contributed by atoms with Crippen molar-refractivity contribution in [2.75, 3.05) is 26.4 Å². The molecule has 1 saturated carbocycles. The van der Waals surface area contributed by atoms with Gasteiger partial charge in [0.15, 0.2) is 0 Å². The molecule has 120 valence electrons. The fraction of sp³-hybridized carbons (Fsp3) is 0.867. The van der Waals surface area contributed by atoms with E-state index in [-0.39, 0.29) is 23.8 Å².